The molecule has 0 heterocycles. The fraction of sp³-hybridized carbons (Fsp3) is 0.571. The van der Waals surface area contributed by atoms with Crippen LogP contribution in [0.1, 0.15) is 34.1 Å². The van der Waals surface area contributed by atoms with Crippen LogP contribution in [0.4, 0.5) is 0 Å². The van der Waals surface area contributed by atoms with E-state index in [1.54, 1.807) is 13.8 Å². The van der Waals surface area contributed by atoms with Crippen molar-refractivity contribution in [2.45, 2.75) is 40.2 Å². The highest BCUT2D eigenvalue weighted by Gasteiger charge is 2.46. The molecule has 4 heteroatoms. The summed E-state index contributed by atoms with van der Waals surface area (Å²) in [5, 5.41) is 19.6. The van der Waals surface area contributed by atoms with Crippen molar-refractivity contribution < 1.29 is 19.8 Å². The summed E-state index contributed by atoms with van der Waals surface area (Å²) in [6.45, 7) is 7.16. The van der Waals surface area contributed by atoms with Crippen LogP contribution < -0.4 is 0 Å². The summed E-state index contributed by atoms with van der Waals surface area (Å²) in [6.07, 6.45) is 0.807. The molecule has 0 aliphatic heterocycles. The second kappa shape index (κ2) is 5.48. The monoisotopic (exact) mass is 252 g/mol. The summed E-state index contributed by atoms with van der Waals surface area (Å²) in [4.78, 5) is 23.9. The summed E-state index contributed by atoms with van der Waals surface area (Å²) in [5.41, 5.74) is 0.803. The van der Waals surface area contributed by atoms with Crippen LogP contribution >= 0.6 is 0 Å². The van der Waals surface area contributed by atoms with Crippen LogP contribution in [-0.2, 0) is 9.59 Å². The van der Waals surface area contributed by atoms with E-state index in [1.807, 2.05) is 19.9 Å². The van der Waals surface area contributed by atoms with Gasteiger partial charge < -0.3 is 10.2 Å². The number of hydrogen-bond acceptors (Lipinski definition) is 4. The quantitative estimate of drug-likeness (QED) is 0.348. The van der Waals surface area contributed by atoms with Gasteiger partial charge in [-0.05, 0) is 20.3 Å². The molecular formula is C14H20O4. The molecule has 1 aliphatic rings. The van der Waals surface area contributed by atoms with Crippen LogP contribution in [0.15, 0.2) is 23.0 Å². The Labute approximate surface area is 107 Å². The van der Waals surface area contributed by atoms with Gasteiger partial charge in [-0.3, -0.25) is 9.59 Å². The molecule has 0 aromatic rings. The first-order valence-electron chi connectivity index (χ1n) is 6.10. The predicted molar refractivity (Wildman–Crippen MR) is 68.1 cm³/mol. The molecular weight excluding hydrogens is 232 g/mol. The van der Waals surface area contributed by atoms with Crippen molar-refractivity contribution in [3.63, 3.8) is 0 Å². The number of carbonyl (C=O) groups excluding carboxylic acids is 2. The van der Waals surface area contributed by atoms with E-state index in [2.05, 4.69) is 0 Å². The van der Waals surface area contributed by atoms with Crippen LogP contribution in [0.25, 0.3) is 0 Å². The van der Waals surface area contributed by atoms with Crippen molar-refractivity contribution in [1.82, 2.24) is 0 Å². The smallest absolute Gasteiger partial charge is 0.199 e. The Bertz CT molecular complexity index is 425. The third kappa shape index (κ3) is 2.70. The van der Waals surface area contributed by atoms with E-state index in [0.717, 1.165) is 5.57 Å². The van der Waals surface area contributed by atoms with Gasteiger partial charge in [0.2, 0.25) is 0 Å². The number of allylic oxidation sites excluding steroid dienone is 3. The number of carbonyl (C=O) groups is 2. The minimum atomic E-state index is -1.33. The number of aliphatic hydroxyl groups is 2. The average Bonchev–Trinajstić information content (AvgIpc) is 2.47. The lowest BCUT2D eigenvalue weighted by Crippen LogP contribution is -2.22. The maximum absolute atomic E-state index is 12.1. The normalized spacial score (nSPS) is 26.8. The van der Waals surface area contributed by atoms with Gasteiger partial charge in [-0.15, -0.1) is 0 Å². The maximum atomic E-state index is 12.1. The van der Waals surface area contributed by atoms with Gasteiger partial charge in [-0.25, -0.2) is 0 Å². The van der Waals surface area contributed by atoms with E-state index >= 15 is 0 Å². The van der Waals surface area contributed by atoms with Crippen molar-refractivity contribution in [1.29, 1.82) is 0 Å². The van der Waals surface area contributed by atoms with Gasteiger partial charge in [0.1, 0.15) is 17.4 Å². The summed E-state index contributed by atoms with van der Waals surface area (Å²) >= 11 is 0. The fourth-order valence-corrected chi connectivity index (χ4v) is 1.92. The van der Waals surface area contributed by atoms with Crippen LogP contribution in [0, 0.1) is 11.8 Å². The summed E-state index contributed by atoms with van der Waals surface area (Å²) < 4.78 is 0. The number of hydrogen-bond donors (Lipinski definition) is 2. The highest BCUT2D eigenvalue weighted by molar-refractivity contribution is 6.28. The van der Waals surface area contributed by atoms with Crippen molar-refractivity contribution in [3.8, 4) is 0 Å². The molecule has 1 saturated carbocycles. The van der Waals surface area contributed by atoms with Crippen LogP contribution in [0.3, 0.4) is 0 Å². The number of aliphatic hydroxyl groups excluding tert-OH is 2. The lowest BCUT2D eigenvalue weighted by atomic mass is 9.98. The number of Topliss-reactive ketones (excluding diaryl/α,β-unsaturated/α-hetero) is 2. The lowest BCUT2D eigenvalue weighted by molar-refractivity contribution is -0.124. The molecule has 0 radical (unpaired) electrons. The summed E-state index contributed by atoms with van der Waals surface area (Å²) in [7, 11) is 0. The molecule has 0 spiro atoms. The second-order valence-corrected chi connectivity index (χ2v) is 5.21. The summed E-state index contributed by atoms with van der Waals surface area (Å²) in [6, 6.07) is 0. The molecule has 2 unspecified atom stereocenters. The Morgan fingerprint density at radius 2 is 1.83 bits per heavy atom. The van der Waals surface area contributed by atoms with Gasteiger partial charge in [0.15, 0.2) is 11.6 Å². The van der Waals surface area contributed by atoms with Gasteiger partial charge in [0.05, 0.1) is 5.92 Å². The van der Waals surface area contributed by atoms with E-state index in [0.29, 0.717) is 6.42 Å². The van der Waals surface area contributed by atoms with Crippen LogP contribution in [0.2, 0.25) is 0 Å². The summed E-state index contributed by atoms with van der Waals surface area (Å²) in [5.74, 6) is -2.39. The minimum Gasteiger partial charge on any atom is -0.511 e. The van der Waals surface area contributed by atoms with Crippen molar-refractivity contribution in [3.05, 3.63) is 23.0 Å². The lowest BCUT2D eigenvalue weighted by Gasteiger charge is -2.08. The van der Waals surface area contributed by atoms with Crippen molar-refractivity contribution in [2.75, 3.05) is 0 Å². The van der Waals surface area contributed by atoms with E-state index in [9.17, 15) is 19.8 Å². The van der Waals surface area contributed by atoms with Crippen LogP contribution in [-0.4, -0.2) is 27.9 Å². The maximum Gasteiger partial charge on any atom is 0.199 e. The predicted octanol–water partition coefficient (Wildman–Crippen LogP) is 1.94. The Balaban J connectivity index is 3.09. The highest BCUT2D eigenvalue weighted by atomic mass is 16.3. The Kier molecular flexibility index (Phi) is 4.46. The SMILES string of the molecule is CC(C)=CCC1C(=O)/C(=C(\O)C(C)C)C(=O)C1O. The molecule has 1 rings (SSSR count). The molecule has 0 aromatic carbocycles. The van der Waals surface area contributed by atoms with Gasteiger partial charge in [0, 0.05) is 5.92 Å². The van der Waals surface area contributed by atoms with Gasteiger partial charge in [-0.1, -0.05) is 25.5 Å². The van der Waals surface area contributed by atoms with Gasteiger partial charge in [0.25, 0.3) is 0 Å². The molecule has 0 bridgehead atoms. The second-order valence-electron chi connectivity index (χ2n) is 5.21. The standard InChI is InChI=1S/C14H20O4/c1-7(2)5-6-9-12(16)10(11(15)8(3)4)14(18)13(9)17/h5,8-9,13,15,17H,6H2,1-4H3/b11-10+. The van der Waals surface area contributed by atoms with Gasteiger partial charge >= 0.3 is 0 Å². The van der Waals surface area contributed by atoms with E-state index < -0.39 is 23.6 Å². The Morgan fingerprint density at radius 1 is 1.28 bits per heavy atom. The molecule has 18 heavy (non-hydrogen) atoms. The Morgan fingerprint density at radius 3 is 2.28 bits per heavy atom. The Hall–Kier alpha value is -1.42. The molecule has 0 saturated heterocycles. The first kappa shape index (κ1) is 14.6. The molecule has 0 amide bonds. The first-order valence-corrected chi connectivity index (χ1v) is 6.10. The fourth-order valence-electron chi connectivity index (χ4n) is 1.92. The average molecular weight is 252 g/mol. The zero-order valence-corrected chi connectivity index (χ0v) is 11.2. The molecule has 4 nitrogen and oxygen atoms in total. The highest BCUT2D eigenvalue weighted by Crippen LogP contribution is 2.30. The molecule has 0 aromatic heterocycles. The van der Waals surface area contributed by atoms with E-state index in [4.69, 9.17) is 0 Å². The zero-order valence-electron chi connectivity index (χ0n) is 11.2. The molecule has 2 N–H and O–H groups in total. The molecule has 1 aliphatic carbocycles. The van der Waals surface area contributed by atoms with Crippen molar-refractivity contribution in [2.24, 2.45) is 11.8 Å². The largest absolute Gasteiger partial charge is 0.511 e. The number of ketones is 2. The van der Waals surface area contributed by atoms with Gasteiger partial charge in [-0.2, -0.15) is 0 Å². The van der Waals surface area contributed by atoms with E-state index in [-0.39, 0.29) is 17.3 Å². The zero-order chi connectivity index (χ0) is 14.0. The number of rotatable bonds is 3. The van der Waals surface area contributed by atoms with Crippen molar-refractivity contribution >= 4 is 11.6 Å². The molecule has 1 fully saturated rings. The molecule has 2 atom stereocenters. The first-order chi connectivity index (χ1) is 8.27. The van der Waals surface area contributed by atoms with Crippen LogP contribution in [0.5, 0.6) is 0 Å². The van der Waals surface area contributed by atoms with E-state index in [1.165, 1.54) is 0 Å². The third-order valence-electron chi connectivity index (χ3n) is 3.06. The minimum absolute atomic E-state index is 0.218. The third-order valence-corrected chi connectivity index (χ3v) is 3.06. The topological polar surface area (TPSA) is 74.6 Å². The molecule has 100 valence electrons.